The summed E-state index contributed by atoms with van der Waals surface area (Å²) in [7, 11) is 0. The second kappa shape index (κ2) is 11.2. The number of aryl methyl sites for hydroxylation is 1. The van der Waals surface area contributed by atoms with Gasteiger partial charge < -0.3 is 24.0 Å². The lowest BCUT2D eigenvalue weighted by Crippen LogP contribution is -2.44. The van der Waals surface area contributed by atoms with E-state index in [4.69, 9.17) is 9.47 Å². The molecule has 0 radical (unpaired) electrons. The minimum Gasteiger partial charge on any atom is -0.490 e. The maximum absolute atomic E-state index is 12.3. The second-order valence-electron chi connectivity index (χ2n) is 10.7. The Bertz CT molecular complexity index is 1340. The van der Waals surface area contributed by atoms with Gasteiger partial charge in [-0.05, 0) is 69.0 Å². The molecule has 3 aromatic rings. The Morgan fingerprint density at radius 1 is 1.11 bits per heavy atom. The van der Waals surface area contributed by atoms with Gasteiger partial charge >= 0.3 is 12.1 Å². The highest BCUT2D eigenvalue weighted by Crippen LogP contribution is 2.34. The van der Waals surface area contributed by atoms with E-state index in [1.54, 1.807) is 11.0 Å². The van der Waals surface area contributed by atoms with Crippen LogP contribution in [-0.2, 0) is 16.1 Å². The molecule has 0 aliphatic carbocycles. The van der Waals surface area contributed by atoms with Crippen LogP contribution in [0, 0.1) is 11.3 Å². The summed E-state index contributed by atoms with van der Waals surface area (Å²) in [5.41, 5.74) is 2.77. The zero-order valence-electron chi connectivity index (χ0n) is 22.4. The van der Waals surface area contributed by atoms with Crippen LogP contribution < -0.4 is 4.74 Å². The van der Waals surface area contributed by atoms with Gasteiger partial charge in [-0.15, -0.1) is 0 Å². The molecule has 200 valence electrons. The van der Waals surface area contributed by atoms with Crippen molar-refractivity contribution >= 4 is 23.0 Å². The van der Waals surface area contributed by atoms with Crippen molar-refractivity contribution in [2.45, 2.75) is 71.1 Å². The highest BCUT2D eigenvalue weighted by atomic mass is 16.6. The first-order valence-corrected chi connectivity index (χ1v) is 13.1. The van der Waals surface area contributed by atoms with Crippen LogP contribution in [0.25, 0.3) is 10.9 Å². The number of ether oxygens (including phenoxy) is 2. The number of aromatic nitrogens is 1. The average molecular weight is 518 g/mol. The molecule has 8 heteroatoms. The Kier molecular flexibility index (Phi) is 7.96. The molecule has 1 aliphatic rings. The quantitative estimate of drug-likeness (QED) is 0.417. The number of carbonyl (C=O) groups is 2. The van der Waals surface area contributed by atoms with Crippen LogP contribution in [0.2, 0.25) is 0 Å². The molecule has 1 N–H and O–H groups in total. The molecule has 1 atom stereocenters. The van der Waals surface area contributed by atoms with Crippen molar-refractivity contribution in [2.24, 2.45) is 0 Å². The summed E-state index contributed by atoms with van der Waals surface area (Å²) in [5.74, 6) is -0.512. The minimum atomic E-state index is -0.877. The fourth-order valence-corrected chi connectivity index (χ4v) is 5.01. The highest BCUT2D eigenvalue weighted by molar-refractivity contribution is 5.83. The maximum Gasteiger partial charge on any atom is 0.410 e. The predicted molar refractivity (Wildman–Crippen MR) is 144 cm³/mol. The molecule has 2 heterocycles. The number of carboxylic acid groups (broad SMARTS) is 1. The summed E-state index contributed by atoms with van der Waals surface area (Å²) in [5, 5.41) is 20.0. The van der Waals surface area contributed by atoms with Crippen LogP contribution in [0.15, 0.2) is 48.5 Å². The third-order valence-corrected chi connectivity index (χ3v) is 6.80. The van der Waals surface area contributed by atoms with Gasteiger partial charge in [0, 0.05) is 49.6 Å². The molecule has 2 aromatic carbocycles. The van der Waals surface area contributed by atoms with E-state index < -0.39 is 11.6 Å². The monoisotopic (exact) mass is 517 g/mol. The van der Waals surface area contributed by atoms with E-state index >= 15 is 0 Å². The molecule has 0 saturated carbocycles. The number of piperidine rings is 1. The van der Waals surface area contributed by atoms with Crippen LogP contribution >= 0.6 is 0 Å². The van der Waals surface area contributed by atoms with E-state index in [2.05, 4.69) is 10.6 Å². The number of benzene rings is 2. The third-order valence-electron chi connectivity index (χ3n) is 6.80. The lowest BCUT2D eigenvalue weighted by Gasteiger charge is -2.33. The zero-order valence-corrected chi connectivity index (χ0v) is 22.4. The number of nitrogens with zero attached hydrogens (tertiary/aromatic N) is 3. The first kappa shape index (κ1) is 27.1. The van der Waals surface area contributed by atoms with E-state index in [0.717, 1.165) is 22.2 Å². The highest BCUT2D eigenvalue weighted by Gasteiger charge is 2.28. The normalized spacial score (nSPS) is 15.2. The van der Waals surface area contributed by atoms with Gasteiger partial charge in [0.25, 0.3) is 0 Å². The number of aliphatic carboxylic acids is 1. The fourth-order valence-electron chi connectivity index (χ4n) is 5.01. The van der Waals surface area contributed by atoms with Crippen molar-refractivity contribution in [3.8, 4) is 11.8 Å². The van der Waals surface area contributed by atoms with E-state index in [9.17, 15) is 20.0 Å². The molecule has 8 nitrogen and oxygen atoms in total. The predicted octanol–water partition coefficient (Wildman–Crippen LogP) is 5.92. The van der Waals surface area contributed by atoms with Crippen molar-refractivity contribution in [1.82, 2.24) is 9.47 Å². The molecule has 0 spiro atoms. The van der Waals surface area contributed by atoms with Crippen LogP contribution in [0.1, 0.15) is 69.7 Å². The Hall–Kier alpha value is -3.99. The summed E-state index contributed by atoms with van der Waals surface area (Å²) >= 11 is 0. The summed E-state index contributed by atoms with van der Waals surface area (Å²) in [6, 6.07) is 17.4. The minimum absolute atomic E-state index is 0.00805. The number of nitriles is 1. The SMILES string of the molecule is CCn1c(C(CC(=O)O)c2ccc(OC3CCN(C(=O)OC(C)(C)C)CC3)cc2)cc2ccc(C#N)cc21. The number of rotatable bonds is 7. The molecule has 1 unspecified atom stereocenters. The largest absolute Gasteiger partial charge is 0.490 e. The second-order valence-corrected chi connectivity index (χ2v) is 10.7. The molecule has 1 amide bonds. The van der Waals surface area contributed by atoms with Crippen molar-refractivity contribution < 1.29 is 24.2 Å². The molecule has 1 saturated heterocycles. The third kappa shape index (κ3) is 6.28. The Labute approximate surface area is 223 Å². The van der Waals surface area contributed by atoms with Crippen LogP contribution in [0.3, 0.4) is 0 Å². The maximum atomic E-state index is 12.3. The van der Waals surface area contributed by atoms with Gasteiger partial charge in [0.1, 0.15) is 17.5 Å². The van der Waals surface area contributed by atoms with Gasteiger partial charge in [0.05, 0.1) is 18.1 Å². The zero-order chi connectivity index (χ0) is 27.4. The molecular weight excluding hydrogens is 482 g/mol. The van der Waals surface area contributed by atoms with E-state index in [1.165, 1.54) is 0 Å². The van der Waals surface area contributed by atoms with Crippen molar-refractivity contribution in [1.29, 1.82) is 5.26 Å². The Balaban J connectivity index is 1.49. The summed E-state index contributed by atoms with van der Waals surface area (Å²) in [4.78, 5) is 25.9. The van der Waals surface area contributed by atoms with Crippen LogP contribution in [0.5, 0.6) is 5.75 Å². The average Bonchev–Trinajstić information content (AvgIpc) is 3.24. The first-order chi connectivity index (χ1) is 18.1. The van der Waals surface area contributed by atoms with Gasteiger partial charge in [-0.1, -0.05) is 18.2 Å². The molecular formula is C30H35N3O5. The van der Waals surface area contributed by atoms with Crippen molar-refractivity contribution in [3.63, 3.8) is 0 Å². The number of hydrogen-bond acceptors (Lipinski definition) is 5. The van der Waals surface area contributed by atoms with Crippen LogP contribution in [-0.4, -0.2) is 51.4 Å². The molecule has 4 rings (SSSR count). The lowest BCUT2D eigenvalue weighted by atomic mass is 9.92. The van der Waals surface area contributed by atoms with Gasteiger partial charge in [-0.2, -0.15) is 5.26 Å². The number of hydrogen-bond donors (Lipinski definition) is 1. The first-order valence-electron chi connectivity index (χ1n) is 13.1. The van der Waals surface area contributed by atoms with Gasteiger partial charge in [-0.3, -0.25) is 4.79 Å². The smallest absolute Gasteiger partial charge is 0.410 e. The van der Waals surface area contributed by atoms with E-state index in [-0.39, 0.29) is 24.5 Å². The van der Waals surface area contributed by atoms with Gasteiger partial charge in [0.15, 0.2) is 0 Å². The summed E-state index contributed by atoms with van der Waals surface area (Å²) in [6.07, 6.45) is 1.07. The molecule has 38 heavy (non-hydrogen) atoms. The van der Waals surface area contributed by atoms with Crippen molar-refractivity contribution in [3.05, 3.63) is 65.4 Å². The Morgan fingerprint density at radius 2 is 1.79 bits per heavy atom. The van der Waals surface area contributed by atoms with E-state index in [1.807, 2.05) is 70.2 Å². The summed E-state index contributed by atoms with van der Waals surface area (Å²) < 4.78 is 13.7. The standard InChI is InChI=1S/C30H35N3O5/c1-5-33-26-16-20(19-31)6-7-22(26)17-27(33)25(18-28(34)35)21-8-10-23(11-9-21)37-24-12-14-32(15-13-24)29(36)38-30(2,3)4/h6-11,16-17,24-25H,5,12-15,18H2,1-4H3,(H,34,35). The number of carboxylic acids is 1. The topological polar surface area (TPSA) is 105 Å². The number of likely N-dealkylation sites (tertiary alicyclic amines) is 1. The number of fused-ring (bicyclic) bond motifs is 1. The number of carbonyl (C=O) groups excluding carboxylic acids is 1. The molecule has 0 bridgehead atoms. The van der Waals surface area contributed by atoms with Crippen molar-refractivity contribution in [2.75, 3.05) is 13.1 Å². The molecule has 1 fully saturated rings. The molecule has 1 aliphatic heterocycles. The Morgan fingerprint density at radius 3 is 2.37 bits per heavy atom. The van der Waals surface area contributed by atoms with Gasteiger partial charge in [0.2, 0.25) is 0 Å². The number of amides is 1. The van der Waals surface area contributed by atoms with Gasteiger partial charge in [-0.25, -0.2) is 4.79 Å². The molecule has 1 aromatic heterocycles. The van der Waals surface area contributed by atoms with E-state index in [0.29, 0.717) is 43.8 Å². The lowest BCUT2D eigenvalue weighted by molar-refractivity contribution is -0.137. The fraction of sp³-hybridized carbons (Fsp3) is 0.433. The summed E-state index contributed by atoms with van der Waals surface area (Å²) in [6.45, 7) is 9.41. The van der Waals surface area contributed by atoms with Crippen LogP contribution in [0.4, 0.5) is 4.79 Å².